The van der Waals surface area contributed by atoms with Crippen LogP contribution < -0.4 is 9.47 Å². The van der Waals surface area contributed by atoms with Crippen LogP contribution in [0.4, 0.5) is 0 Å². The third-order valence-electron chi connectivity index (χ3n) is 4.17. The zero-order valence-electron chi connectivity index (χ0n) is 12.4. The average Bonchev–Trinajstić information content (AvgIpc) is 2.48. The maximum absolute atomic E-state index is 12.0. The van der Waals surface area contributed by atoms with Gasteiger partial charge < -0.3 is 14.6 Å². The average molecular weight is 313 g/mol. The number of hydrogen-bond donors (Lipinski definition) is 1. The molecule has 0 radical (unpaired) electrons. The van der Waals surface area contributed by atoms with Crippen LogP contribution in [0, 0.1) is 0 Å². The maximum atomic E-state index is 12.0. The van der Waals surface area contributed by atoms with Crippen LogP contribution in [0.5, 0.6) is 11.5 Å². The molecule has 0 saturated heterocycles. The molecule has 1 fully saturated rings. The molecule has 0 aliphatic heterocycles. The first kappa shape index (κ1) is 16.0. The Hall–Kier alpha value is -1.42. The number of carboxylic acid groups (broad SMARTS) is 1. The molecule has 1 aromatic carbocycles. The maximum Gasteiger partial charge on any atom is 0.314 e. The van der Waals surface area contributed by atoms with Gasteiger partial charge in [0, 0.05) is 10.6 Å². The van der Waals surface area contributed by atoms with Crippen LogP contribution >= 0.6 is 11.6 Å². The summed E-state index contributed by atoms with van der Waals surface area (Å²) < 4.78 is 11.0. The summed E-state index contributed by atoms with van der Waals surface area (Å²) in [5.74, 6) is 0.164. The van der Waals surface area contributed by atoms with Crippen molar-refractivity contribution in [1.82, 2.24) is 0 Å². The van der Waals surface area contributed by atoms with E-state index in [-0.39, 0.29) is 0 Å². The van der Waals surface area contributed by atoms with Crippen LogP contribution in [-0.2, 0) is 10.2 Å². The van der Waals surface area contributed by atoms with Crippen molar-refractivity contribution in [3.63, 3.8) is 0 Å². The minimum atomic E-state index is -0.978. The highest BCUT2D eigenvalue weighted by atomic mass is 35.5. The number of methoxy groups -OCH3 is 1. The van der Waals surface area contributed by atoms with Gasteiger partial charge >= 0.3 is 5.97 Å². The fourth-order valence-corrected chi connectivity index (χ4v) is 3.49. The fourth-order valence-electron chi connectivity index (χ4n) is 3.16. The van der Waals surface area contributed by atoms with Crippen molar-refractivity contribution in [3.05, 3.63) is 22.7 Å². The lowest BCUT2D eigenvalue weighted by Gasteiger charge is -2.35. The molecule has 1 aliphatic carbocycles. The molecule has 0 atom stereocenters. The quantitative estimate of drug-likeness (QED) is 0.891. The molecule has 116 valence electrons. The first-order valence-electron chi connectivity index (χ1n) is 7.30. The lowest BCUT2D eigenvalue weighted by molar-refractivity contribution is -0.145. The van der Waals surface area contributed by atoms with Crippen LogP contribution in [0.15, 0.2) is 12.1 Å². The van der Waals surface area contributed by atoms with Gasteiger partial charge in [-0.2, -0.15) is 0 Å². The van der Waals surface area contributed by atoms with E-state index in [9.17, 15) is 9.90 Å². The van der Waals surface area contributed by atoms with Gasteiger partial charge in [0.05, 0.1) is 19.1 Å². The van der Waals surface area contributed by atoms with Crippen molar-refractivity contribution in [2.45, 2.75) is 44.4 Å². The van der Waals surface area contributed by atoms with Crippen molar-refractivity contribution in [1.29, 1.82) is 0 Å². The summed E-state index contributed by atoms with van der Waals surface area (Å²) >= 11 is 6.36. The zero-order chi connectivity index (χ0) is 15.5. The molecule has 0 heterocycles. The lowest BCUT2D eigenvalue weighted by Crippen LogP contribution is -2.38. The van der Waals surface area contributed by atoms with E-state index >= 15 is 0 Å². The largest absolute Gasteiger partial charge is 0.493 e. The van der Waals surface area contributed by atoms with E-state index in [0.29, 0.717) is 41.5 Å². The molecule has 0 spiro atoms. The molecule has 1 N–H and O–H groups in total. The minimum absolute atomic E-state index is 0.430. The molecule has 0 aromatic heterocycles. The Balaban J connectivity index is 2.66. The van der Waals surface area contributed by atoms with E-state index in [1.165, 1.54) is 0 Å². The predicted molar refractivity (Wildman–Crippen MR) is 81.6 cm³/mol. The highest BCUT2D eigenvalue weighted by Gasteiger charge is 2.45. The summed E-state index contributed by atoms with van der Waals surface area (Å²) in [6.45, 7) is 2.29. The van der Waals surface area contributed by atoms with Crippen LogP contribution in [0.3, 0.4) is 0 Å². The van der Waals surface area contributed by atoms with E-state index in [0.717, 1.165) is 19.3 Å². The second-order valence-electron chi connectivity index (χ2n) is 5.33. The van der Waals surface area contributed by atoms with Gasteiger partial charge in [0.2, 0.25) is 0 Å². The lowest BCUT2D eigenvalue weighted by atomic mass is 9.69. The van der Waals surface area contributed by atoms with E-state index in [1.54, 1.807) is 19.2 Å². The van der Waals surface area contributed by atoms with Gasteiger partial charge in [0.25, 0.3) is 0 Å². The first-order chi connectivity index (χ1) is 10.1. The van der Waals surface area contributed by atoms with E-state index in [2.05, 4.69) is 0 Å². The molecule has 0 unspecified atom stereocenters. The number of hydrogen-bond acceptors (Lipinski definition) is 3. The summed E-state index contributed by atoms with van der Waals surface area (Å²) in [5.41, 5.74) is -0.411. The number of halogens is 1. The number of rotatable bonds is 5. The molecule has 4 nitrogen and oxygen atoms in total. The Morgan fingerprint density at radius 1 is 1.33 bits per heavy atom. The highest BCUT2D eigenvalue weighted by Crippen LogP contribution is 2.49. The molecule has 2 rings (SSSR count). The van der Waals surface area contributed by atoms with Gasteiger partial charge in [-0.1, -0.05) is 30.9 Å². The second-order valence-corrected chi connectivity index (χ2v) is 5.74. The van der Waals surface area contributed by atoms with Gasteiger partial charge in [-0.3, -0.25) is 4.79 Å². The van der Waals surface area contributed by atoms with Crippen LogP contribution in [-0.4, -0.2) is 24.8 Å². The Kier molecular flexibility index (Phi) is 4.99. The van der Waals surface area contributed by atoms with Crippen molar-refractivity contribution in [2.24, 2.45) is 0 Å². The third-order valence-corrected chi connectivity index (χ3v) is 4.49. The van der Waals surface area contributed by atoms with Crippen molar-refractivity contribution in [3.8, 4) is 11.5 Å². The van der Waals surface area contributed by atoms with Gasteiger partial charge in [-0.25, -0.2) is 0 Å². The monoisotopic (exact) mass is 312 g/mol. The molecular weight excluding hydrogens is 292 g/mol. The van der Waals surface area contributed by atoms with Gasteiger partial charge in [0.1, 0.15) is 0 Å². The Morgan fingerprint density at radius 3 is 2.52 bits per heavy atom. The number of aliphatic carboxylic acids is 1. The minimum Gasteiger partial charge on any atom is -0.493 e. The summed E-state index contributed by atoms with van der Waals surface area (Å²) in [4.78, 5) is 12.0. The molecule has 5 heteroatoms. The Labute approximate surface area is 130 Å². The number of carbonyl (C=O) groups is 1. The standard InChI is InChI=1S/C16H21ClO4/c1-3-21-14-12(20-2)8-7-11(17)13(14)16(15(18)19)9-5-4-6-10-16/h7-8H,3-6,9-10H2,1-2H3,(H,18,19). The van der Waals surface area contributed by atoms with E-state index in [4.69, 9.17) is 21.1 Å². The second kappa shape index (κ2) is 6.56. The predicted octanol–water partition coefficient (Wildman–Crippen LogP) is 4.03. The van der Waals surface area contributed by atoms with Crippen LogP contribution in [0.1, 0.15) is 44.6 Å². The summed E-state index contributed by atoms with van der Waals surface area (Å²) in [6.07, 6.45) is 3.97. The molecule has 1 saturated carbocycles. The summed E-state index contributed by atoms with van der Waals surface area (Å²) in [7, 11) is 1.55. The van der Waals surface area contributed by atoms with Crippen molar-refractivity contribution < 1.29 is 19.4 Å². The normalized spacial score (nSPS) is 17.3. The van der Waals surface area contributed by atoms with Gasteiger partial charge in [0.15, 0.2) is 11.5 Å². The molecule has 1 aliphatic rings. The number of benzene rings is 1. The summed E-state index contributed by atoms with van der Waals surface area (Å²) in [5, 5.41) is 10.3. The SMILES string of the molecule is CCOc1c(OC)ccc(Cl)c1C1(C(=O)O)CCCCC1. The first-order valence-corrected chi connectivity index (χ1v) is 7.67. The fraction of sp³-hybridized carbons (Fsp3) is 0.562. The van der Waals surface area contributed by atoms with Crippen molar-refractivity contribution >= 4 is 17.6 Å². The highest BCUT2D eigenvalue weighted by molar-refractivity contribution is 6.32. The number of ether oxygens (including phenoxy) is 2. The smallest absolute Gasteiger partial charge is 0.314 e. The summed E-state index contributed by atoms with van der Waals surface area (Å²) in [6, 6.07) is 3.41. The Bertz CT molecular complexity index is 521. The van der Waals surface area contributed by atoms with E-state index < -0.39 is 11.4 Å². The molecule has 0 amide bonds. The molecule has 1 aromatic rings. The van der Waals surface area contributed by atoms with Crippen LogP contribution in [0.2, 0.25) is 5.02 Å². The third kappa shape index (κ3) is 2.82. The molecule has 0 bridgehead atoms. The van der Waals surface area contributed by atoms with Gasteiger partial charge in [-0.05, 0) is 31.9 Å². The molecule has 21 heavy (non-hydrogen) atoms. The topological polar surface area (TPSA) is 55.8 Å². The van der Waals surface area contributed by atoms with Crippen LogP contribution in [0.25, 0.3) is 0 Å². The molecular formula is C16H21ClO4. The Morgan fingerprint density at radius 2 is 2.00 bits per heavy atom. The van der Waals surface area contributed by atoms with E-state index in [1.807, 2.05) is 6.92 Å². The van der Waals surface area contributed by atoms with Crippen molar-refractivity contribution in [2.75, 3.05) is 13.7 Å². The van der Waals surface area contributed by atoms with Gasteiger partial charge in [-0.15, -0.1) is 0 Å². The number of carboxylic acids is 1. The zero-order valence-corrected chi connectivity index (χ0v) is 13.2.